The van der Waals surface area contributed by atoms with Crippen molar-refractivity contribution in [3.8, 4) is 0 Å². The number of hydrogen-bond donors (Lipinski definition) is 2. The summed E-state index contributed by atoms with van der Waals surface area (Å²) in [5, 5.41) is 7.83. The van der Waals surface area contributed by atoms with E-state index in [0.717, 1.165) is 0 Å². The lowest BCUT2D eigenvalue weighted by molar-refractivity contribution is 0.542. The van der Waals surface area contributed by atoms with Gasteiger partial charge in [-0.05, 0) is 0 Å². The molecule has 0 atom stereocenters. The van der Waals surface area contributed by atoms with Gasteiger partial charge >= 0.3 is 6.02 Å². The molecule has 0 saturated heterocycles. The van der Waals surface area contributed by atoms with Gasteiger partial charge in [-0.15, -0.1) is 0 Å². The zero-order valence-electron chi connectivity index (χ0n) is 2.68. The fraction of sp³-hybridized carbons (Fsp3) is 0. The average Bonchev–Trinajstić information content (AvgIpc) is 1.38. The van der Waals surface area contributed by atoms with E-state index in [2.05, 4.69) is 17.1 Å². The van der Waals surface area contributed by atoms with Gasteiger partial charge in [0, 0.05) is 0 Å². The van der Waals surface area contributed by atoms with Crippen molar-refractivity contribution in [1.29, 1.82) is 0 Å². The number of aliphatic hydroxyl groups excluding tert-OH is 1. The molecule has 5 heavy (non-hydrogen) atoms. The van der Waals surface area contributed by atoms with Gasteiger partial charge in [-0.1, -0.05) is 0 Å². The van der Waals surface area contributed by atoms with Crippen LogP contribution in [0.25, 0.3) is 0 Å². The molecule has 0 aliphatic heterocycles. The highest BCUT2D eigenvalue weighted by Crippen LogP contribution is 1.21. The van der Waals surface area contributed by atoms with Gasteiger partial charge in [0.25, 0.3) is 0 Å². The Labute approximate surface area is 29.5 Å². The lowest BCUT2D eigenvalue weighted by Gasteiger charge is -1.56. The lowest BCUT2D eigenvalue weighted by Crippen LogP contribution is -2.11. The van der Waals surface area contributed by atoms with Crippen LogP contribution in [0.1, 0.15) is 0 Å². The molecule has 0 rings (SSSR count). The van der Waals surface area contributed by atoms with Gasteiger partial charge in [-0.25, -0.2) is 5.73 Å². The summed E-state index contributed by atoms with van der Waals surface area (Å²) < 4.78 is 2.89. The molecular formula is C2H5N2O+. The van der Waals surface area contributed by atoms with E-state index in [1.165, 1.54) is 0 Å². The summed E-state index contributed by atoms with van der Waals surface area (Å²) >= 11 is 0. The van der Waals surface area contributed by atoms with Gasteiger partial charge < -0.3 is 5.11 Å². The van der Waals surface area contributed by atoms with Crippen LogP contribution in [-0.2, 0) is 0 Å². The Bertz CT molecular complexity index is 67.7. The number of aliphatic hydroxyl groups is 1. The van der Waals surface area contributed by atoms with Crippen LogP contribution < -0.4 is 10.4 Å². The quantitative estimate of drug-likeness (QED) is 0.211. The Hall–Kier alpha value is -0.950. The molecule has 0 aromatic rings. The smallest absolute Gasteiger partial charge is 0.434 e. The standard InChI is InChI=1S/C2H4N2O/c1-4-2(3)5/h1H2,(H2,3,5)/p+1. The first-order valence-corrected chi connectivity index (χ1v) is 1.05. The minimum atomic E-state index is -0.481. The van der Waals surface area contributed by atoms with Crippen molar-refractivity contribution < 1.29 is 5.11 Å². The first-order chi connectivity index (χ1) is 2.27. The van der Waals surface area contributed by atoms with E-state index in [1.54, 1.807) is 0 Å². The van der Waals surface area contributed by atoms with Gasteiger partial charge in [0.1, 0.15) is 0 Å². The van der Waals surface area contributed by atoms with Gasteiger partial charge in [-0.2, -0.15) is 4.67 Å². The minimum absolute atomic E-state index is 0.481. The number of rotatable bonds is 0. The molecule has 0 aromatic carbocycles. The second kappa shape index (κ2) is 1.38. The van der Waals surface area contributed by atoms with Crippen LogP contribution >= 0.6 is 0 Å². The Morgan fingerprint density at radius 1 is 2.00 bits per heavy atom. The van der Waals surface area contributed by atoms with Crippen LogP contribution in [-0.4, -0.2) is 17.8 Å². The number of nitrogens with zero attached hydrogens (tertiary/aromatic N) is 1. The molecular weight excluding hydrogens is 68.0 g/mol. The zero-order valence-corrected chi connectivity index (χ0v) is 2.68. The van der Waals surface area contributed by atoms with Crippen molar-refractivity contribution in [2.45, 2.75) is 0 Å². The molecule has 0 fully saturated rings. The minimum Gasteiger partial charge on any atom is -0.434 e. The molecule has 0 aliphatic carbocycles. The van der Waals surface area contributed by atoms with E-state index in [0.29, 0.717) is 0 Å². The summed E-state index contributed by atoms with van der Waals surface area (Å²) in [6, 6.07) is -0.481. The van der Waals surface area contributed by atoms with Gasteiger partial charge in [0.15, 0.2) is 6.72 Å². The second-order valence-corrected chi connectivity index (χ2v) is 0.516. The third-order valence-corrected chi connectivity index (χ3v) is 0.162. The molecule has 0 spiro atoms. The predicted octanol–water partition coefficient (Wildman–Crippen LogP) is -1.37. The molecule has 0 radical (unpaired) electrons. The molecule has 3 heteroatoms. The molecule has 0 bridgehead atoms. The van der Waals surface area contributed by atoms with E-state index in [4.69, 9.17) is 5.11 Å². The highest BCUT2D eigenvalue weighted by atomic mass is 16.3. The number of nitrogens with two attached hydrogens (primary N) is 1. The molecule has 0 amide bonds. The normalized spacial score (nSPS) is 5.60. The predicted molar refractivity (Wildman–Crippen MR) is 21.1 cm³/mol. The Balaban J connectivity index is 3.60. The van der Waals surface area contributed by atoms with Crippen molar-refractivity contribution in [1.82, 2.24) is 4.67 Å². The van der Waals surface area contributed by atoms with Crippen LogP contribution in [0.2, 0.25) is 0 Å². The monoisotopic (exact) mass is 73.0 g/mol. The second-order valence-electron chi connectivity index (χ2n) is 0.516. The van der Waals surface area contributed by atoms with E-state index in [1.807, 2.05) is 0 Å². The van der Waals surface area contributed by atoms with E-state index >= 15 is 0 Å². The van der Waals surface area contributed by atoms with Crippen molar-refractivity contribution in [2.75, 3.05) is 0 Å². The summed E-state index contributed by atoms with van der Waals surface area (Å²) in [7, 11) is 0. The zero-order chi connectivity index (χ0) is 4.28. The van der Waals surface area contributed by atoms with E-state index in [9.17, 15) is 0 Å². The van der Waals surface area contributed by atoms with E-state index in [-0.39, 0.29) is 0 Å². The van der Waals surface area contributed by atoms with Crippen LogP contribution in [0.15, 0.2) is 0 Å². The summed E-state index contributed by atoms with van der Waals surface area (Å²) in [5.41, 5.74) is 4.53. The van der Waals surface area contributed by atoms with Crippen LogP contribution in [0.4, 0.5) is 0 Å². The fourth-order valence-corrected chi connectivity index (χ4v) is 0. The molecule has 0 unspecified atom stereocenters. The summed E-state index contributed by atoms with van der Waals surface area (Å²) in [5.74, 6) is 0. The highest BCUT2D eigenvalue weighted by molar-refractivity contribution is 5.68. The molecule has 0 heterocycles. The van der Waals surface area contributed by atoms with Gasteiger partial charge in [-0.3, -0.25) is 0 Å². The number of hydrogen-bond acceptors (Lipinski definition) is 0. The average molecular weight is 73.1 g/mol. The molecule has 3 N–H and O–H groups in total. The maximum atomic E-state index is 7.83. The van der Waals surface area contributed by atoms with E-state index < -0.39 is 6.02 Å². The topological polar surface area (TPSA) is 60.4 Å². The first kappa shape index (κ1) is 4.05. The summed E-state index contributed by atoms with van der Waals surface area (Å²) in [6.45, 7) is 2.90. The molecule has 28 valence electrons. The highest BCUT2D eigenvalue weighted by Gasteiger charge is 1.79. The maximum absolute atomic E-state index is 7.83. The third kappa shape index (κ3) is 3.05. The Morgan fingerprint density at radius 3 is 2.20 bits per heavy atom. The fourth-order valence-electron chi connectivity index (χ4n) is 0. The SMILES string of the molecule is C=[N+]=C(N)O. The molecule has 0 aliphatic rings. The molecule has 0 aromatic heterocycles. The van der Waals surface area contributed by atoms with Crippen LogP contribution in [0.5, 0.6) is 0 Å². The van der Waals surface area contributed by atoms with Gasteiger partial charge in [0.05, 0.1) is 0 Å². The summed E-state index contributed by atoms with van der Waals surface area (Å²) in [6.07, 6.45) is 0. The lowest BCUT2D eigenvalue weighted by atomic mass is 11.2. The van der Waals surface area contributed by atoms with Gasteiger partial charge in [0.2, 0.25) is 0 Å². The largest absolute Gasteiger partial charge is 0.541 e. The van der Waals surface area contributed by atoms with Crippen LogP contribution in [0.3, 0.4) is 0 Å². The summed E-state index contributed by atoms with van der Waals surface area (Å²) in [4.78, 5) is 0. The molecule has 3 nitrogen and oxygen atoms in total. The van der Waals surface area contributed by atoms with Crippen molar-refractivity contribution in [3.05, 3.63) is 0 Å². The maximum Gasteiger partial charge on any atom is 0.541 e. The Kier molecular flexibility index (Phi) is 1.12. The first-order valence-electron chi connectivity index (χ1n) is 1.05. The Morgan fingerprint density at radius 2 is 2.20 bits per heavy atom. The van der Waals surface area contributed by atoms with Crippen molar-refractivity contribution in [2.24, 2.45) is 5.73 Å². The number of amidine groups is 1. The van der Waals surface area contributed by atoms with Crippen LogP contribution in [0, 0.1) is 0 Å². The molecule has 0 saturated carbocycles. The third-order valence-electron chi connectivity index (χ3n) is 0.162. The van der Waals surface area contributed by atoms with Crippen molar-refractivity contribution >= 4 is 12.7 Å². The van der Waals surface area contributed by atoms with Crippen molar-refractivity contribution in [3.63, 3.8) is 0 Å².